The Labute approximate surface area is 107 Å². The van der Waals surface area contributed by atoms with E-state index in [0.717, 1.165) is 6.33 Å². The largest absolute Gasteiger partial charge is 0.360 e. The Morgan fingerprint density at radius 3 is 2.78 bits per heavy atom. The van der Waals surface area contributed by atoms with Crippen LogP contribution in [0.4, 0.5) is 11.5 Å². The van der Waals surface area contributed by atoms with E-state index >= 15 is 0 Å². The Bertz CT molecular complexity index is 591. The normalized spacial score (nSPS) is 21.7. The average molecular weight is 293 g/mol. The Hall–Kier alpha value is -1.48. The summed E-state index contributed by atoms with van der Waals surface area (Å²) in [4.78, 5) is 17.4. The second-order valence-corrected chi connectivity index (χ2v) is 6.45. The van der Waals surface area contributed by atoms with Crippen molar-refractivity contribution in [3.8, 4) is 0 Å². The van der Waals surface area contributed by atoms with Gasteiger partial charge in [0.25, 0.3) is 0 Å². The predicted octanol–water partition coefficient (Wildman–Crippen LogP) is 0.637. The smallest absolute Gasteiger partial charge is 0.348 e. The van der Waals surface area contributed by atoms with E-state index in [2.05, 4.69) is 15.3 Å². The number of hydrogen-bond donors (Lipinski definition) is 1. The highest BCUT2D eigenvalue weighted by Gasteiger charge is 2.31. The molecule has 10 heteroatoms. The van der Waals surface area contributed by atoms with Crippen LogP contribution in [-0.2, 0) is 9.84 Å². The summed E-state index contributed by atoms with van der Waals surface area (Å²) >= 11 is 5.61. The lowest BCUT2D eigenvalue weighted by molar-refractivity contribution is -0.384. The maximum absolute atomic E-state index is 11.3. The molecule has 0 amide bonds. The van der Waals surface area contributed by atoms with Gasteiger partial charge in [-0.3, -0.25) is 10.1 Å². The van der Waals surface area contributed by atoms with Crippen LogP contribution in [0, 0.1) is 10.1 Å². The molecule has 1 unspecified atom stereocenters. The molecule has 1 saturated heterocycles. The first kappa shape index (κ1) is 13.0. The molecule has 18 heavy (non-hydrogen) atoms. The van der Waals surface area contributed by atoms with Gasteiger partial charge in [-0.25, -0.2) is 18.4 Å². The number of halogens is 1. The third kappa shape index (κ3) is 2.67. The van der Waals surface area contributed by atoms with Crippen molar-refractivity contribution in [2.45, 2.75) is 12.5 Å². The fraction of sp³-hybridized carbons (Fsp3) is 0.500. The molecule has 0 aliphatic carbocycles. The maximum atomic E-state index is 11.3. The number of aromatic nitrogens is 2. The first-order chi connectivity index (χ1) is 8.39. The van der Waals surface area contributed by atoms with Crippen LogP contribution in [0.2, 0.25) is 5.15 Å². The Balaban J connectivity index is 2.25. The monoisotopic (exact) mass is 292 g/mol. The second kappa shape index (κ2) is 4.65. The zero-order valence-electron chi connectivity index (χ0n) is 9.04. The number of rotatable bonds is 3. The highest BCUT2D eigenvalue weighted by molar-refractivity contribution is 7.91. The third-order valence-electron chi connectivity index (χ3n) is 2.53. The van der Waals surface area contributed by atoms with Gasteiger partial charge >= 0.3 is 5.69 Å². The average Bonchev–Trinajstić information content (AvgIpc) is 2.57. The molecule has 1 atom stereocenters. The molecule has 2 rings (SSSR count). The van der Waals surface area contributed by atoms with Gasteiger partial charge in [-0.2, -0.15) is 0 Å². The SMILES string of the molecule is O=[N+]([O-])c1c(Cl)ncnc1NC1CCS(=O)(=O)C1. The van der Waals surface area contributed by atoms with Crippen molar-refractivity contribution >= 4 is 32.9 Å². The summed E-state index contributed by atoms with van der Waals surface area (Å²) in [6.07, 6.45) is 1.47. The number of anilines is 1. The molecule has 1 aromatic rings. The summed E-state index contributed by atoms with van der Waals surface area (Å²) in [5.41, 5.74) is -0.441. The van der Waals surface area contributed by atoms with Gasteiger partial charge in [-0.1, -0.05) is 11.6 Å². The fourth-order valence-corrected chi connectivity index (χ4v) is 3.60. The molecule has 1 aromatic heterocycles. The van der Waals surface area contributed by atoms with Gasteiger partial charge in [0.05, 0.1) is 16.4 Å². The van der Waals surface area contributed by atoms with Crippen molar-refractivity contribution in [1.82, 2.24) is 9.97 Å². The van der Waals surface area contributed by atoms with E-state index in [1.807, 2.05) is 0 Å². The van der Waals surface area contributed by atoms with Crippen LogP contribution in [0.15, 0.2) is 6.33 Å². The van der Waals surface area contributed by atoms with Crippen molar-refractivity contribution in [3.05, 3.63) is 21.6 Å². The van der Waals surface area contributed by atoms with Gasteiger partial charge < -0.3 is 5.32 Å². The summed E-state index contributed by atoms with van der Waals surface area (Å²) in [5.74, 6) is -0.0506. The minimum atomic E-state index is -3.07. The topological polar surface area (TPSA) is 115 Å². The van der Waals surface area contributed by atoms with Crippen LogP contribution in [0.3, 0.4) is 0 Å². The number of nitrogens with one attached hydrogen (secondary N) is 1. The van der Waals surface area contributed by atoms with E-state index in [-0.39, 0.29) is 28.5 Å². The number of nitrogens with zero attached hydrogens (tertiary/aromatic N) is 3. The van der Waals surface area contributed by atoms with Gasteiger partial charge in [0.2, 0.25) is 11.0 Å². The van der Waals surface area contributed by atoms with Crippen molar-refractivity contribution < 1.29 is 13.3 Å². The van der Waals surface area contributed by atoms with E-state index in [0.29, 0.717) is 6.42 Å². The Morgan fingerprint density at radius 2 is 2.22 bits per heavy atom. The molecule has 2 heterocycles. The van der Waals surface area contributed by atoms with Crippen molar-refractivity contribution in [1.29, 1.82) is 0 Å². The number of hydrogen-bond acceptors (Lipinski definition) is 7. The molecular weight excluding hydrogens is 284 g/mol. The van der Waals surface area contributed by atoms with Gasteiger partial charge in [0.1, 0.15) is 6.33 Å². The molecule has 98 valence electrons. The first-order valence-electron chi connectivity index (χ1n) is 5.01. The molecule has 0 aromatic carbocycles. The van der Waals surface area contributed by atoms with Gasteiger partial charge in [-0.05, 0) is 6.42 Å². The standard InChI is InChI=1S/C8H9ClN4O4S/c9-7-6(13(14)15)8(11-4-10-7)12-5-1-2-18(16,17)3-5/h4-5H,1-3H2,(H,10,11,12). The van der Waals surface area contributed by atoms with Crippen LogP contribution in [-0.4, -0.2) is 40.9 Å². The van der Waals surface area contributed by atoms with Crippen molar-refractivity contribution in [3.63, 3.8) is 0 Å². The van der Waals surface area contributed by atoms with Crippen LogP contribution in [0.25, 0.3) is 0 Å². The minimum absolute atomic E-state index is 0.0536. The maximum Gasteiger partial charge on any atom is 0.348 e. The molecule has 1 N–H and O–H groups in total. The molecule has 8 nitrogen and oxygen atoms in total. The Morgan fingerprint density at radius 1 is 1.50 bits per heavy atom. The number of sulfone groups is 1. The minimum Gasteiger partial charge on any atom is -0.360 e. The molecule has 0 radical (unpaired) electrons. The fourth-order valence-electron chi connectivity index (χ4n) is 1.73. The lowest BCUT2D eigenvalue weighted by Crippen LogP contribution is -2.22. The molecule has 0 saturated carbocycles. The molecule has 1 aliphatic heterocycles. The van der Waals surface area contributed by atoms with E-state index in [4.69, 9.17) is 11.6 Å². The summed E-state index contributed by atoms with van der Waals surface area (Å²) in [5, 5.41) is 13.3. The summed E-state index contributed by atoms with van der Waals surface area (Å²) in [6, 6.07) is -0.389. The second-order valence-electron chi connectivity index (χ2n) is 3.86. The van der Waals surface area contributed by atoms with E-state index < -0.39 is 20.4 Å². The van der Waals surface area contributed by atoms with Crippen molar-refractivity contribution in [2.75, 3.05) is 16.8 Å². The highest BCUT2D eigenvalue weighted by Crippen LogP contribution is 2.29. The lowest BCUT2D eigenvalue weighted by Gasteiger charge is -2.11. The van der Waals surface area contributed by atoms with Crippen LogP contribution in [0.1, 0.15) is 6.42 Å². The van der Waals surface area contributed by atoms with Crippen LogP contribution >= 0.6 is 11.6 Å². The molecular formula is C8H9ClN4O4S. The van der Waals surface area contributed by atoms with Gasteiger partial charge in [0, 0.05) is 6.04 Å². The van der Waals surface area contributed by atoms with Crippen LogP contribution < -0.4 is 5.32 Å². The predicted molar refractivity (Wildman–Crippen MR) is 64.4 cm³/mol. The lowest BCUT2D eigenvalue weighted by atomic mass is 10.2. The summed E-state index contributed by atoms with van der Waals surface area (Å²) in [7, 11) is -3.07. The molecule has 1 fully saturated rings. The highest BCUT2D eigenvalue weighted by atomic mass is 35.5. The zero-order chi connectivity index (χ0) is 13.3. The van der Waals surface area contributed by atoms with E-state index in [1.54, 1.807) is 0 Å². The van der Waals surface area contributed by atoms with E-state index in [9.17, 15) is 18.5 Å². The third-order valence-corrected chi connectivity index (χ3v) is 4.58. The van der Waals surface area contributed by atoms with Gasteiger partial charge in [-0.15, -0.1) is 0 Å². The number of nitro groups is 1. The molecule has 0 spiro atoms. The van der Waals surface area contributed by atoms with Crippen LogP contribution in [0.5, 0.6) is 0 Å². The Kier molecular flexibility index (Phi) is 3.35. The summed E-state index contributed by atoms with van der Waals surface area (Å²) < 4.78 is 22.6. The quantitative estimate of drug-likeness (QED) is 0.493. The van der Waals surface area contributed by atoms with Crippen molar-refractivity contribution in [2.24, 2.45) is 0 Å². The zero-order valence-corrected chi connectivity index (χ0v) is 10.6. The summed E-state index contributed by atoms with van der Waals surface area (Å²) in [6.45, 7) is 0. The van der Waals surface area contributed by atoms with E-state index in [1.165, 1.54) is 0 Å². The molecule has 1 aliphatic rings. The molecule has 0 bridgehead atoms. The van der Waals surface area contributed by atoms with Gasteiger partial charge in [0.15, 0.2) is 9.84 Å². The first-order valence-corrected chi connectivity index (χ1v) is 7.21.